The lowest BCUT2D eigenvalue weighted by Gasteiger charge is -2.17. The van der Waals surface area contributed by atoms with Gasteiger partial charge in [-0.2, -0.15) is 0 Å². The Morgan fingerprint density at radius 3 is 3.00 bits per heavy atom. The fourth-order valence-electron chi connectivity index (χ4n) is 2.48. The zero-order chi connectivity index (χ0) is 12.3. The molecule has 5 heteroatoms. The number of methoxy groups -OCH3 is 1. The van der Waals surface area contributed by atoms with E-state index in [9.17, 15) is 4.79 Å². The van der Waals surface area contributed by atoms with Crippen LogP contribution in [0.4, 0.5) is 0 Å². The molecule has 0 aromatic heterocycles. The summed E-state index contributed by atoms with van der Waals surface area (Å²) in [6.45, 7) is 4.36. The van der Waals surface area contributed by atoms with Gasteiger partial charge in [0.15, 0.2) is 0 Å². The summed E-state index contributed by atoms with van der Waals surface area (Å²) in [7, 11) is 1.68. The summed E-state index contributed by atoms with van der Waals surface area (Å²) in [6, 6.07) is -0.0995. The van der Waals surface area contributed by atoms with Crippen LogP contribution in [0.1, 0.15) is 19.8 Å². The maximum atomic E-state index is 11.9. The zero-order valence-corrected chi connectivity index (χ0v) is 10.6. The third-order valence-corrected chi connectivity index (χ3v) is 3.81. The second-order valence-corrected chi connectivity index (χ2v) is 4.92. The number of amides is 1. The number of ether oxygens (including phenoxy) is 2. The number of rotatable bonds is 4. The molecule has 2 fully saturated rings. The Hall–Kier alpha value is -0.650. The van der Waals surface area contributed by atoms with Crippen LogP contribution in [0.2, 0.25) is 0 Å². The minimum absolute atomic E-state index is 0.0867. The third kappa shape index (κ3) is 3.18. The smallest absolute Gasteiger partial charge is 0.237 e. The fraction of sp³-hybridized carbons (Fsp3) is 0.917. The van der Waals surface area contributed by atoms with Crippen LogP contribution in [0, 0.1) is 5.92 Å². The van der Waals surface area contributed by atoms with E-state index >= 15 is 0 Å². The molecule has 0 bridgehead atoms. The Labute approximate surface area is 102 Å². The Morgan fingerprint density at radius 2 is 2.41 bits per heavy atom. The molecule has 4 atom stereocenters. The van der Waals surface area contributed by atoms with Crippen molar-refractivity contribution >= 4 is 5.91 Å². The summed E-state index contributed by atoms with van der Waals surface area (Å²) in [6.07, 6.45) is 2.23. The molecule has 0 spiro atoms. The van der Waals surface area contributed by atoms with Gasteiger partial charge in [-0.3, -0.25) is 4.79 Å². The standard InChI is InChI=1S/C12H22N2O3/c1-8-9(3-4-17-8)6-14-12(15)11-5-10(16-2)7-13-11/h8-11,13H,3-7H2,1-2H3,(H,14,15). The quantitative estimate of drug-likeness (QED) is 0.723. The van der Waals surface area contributed by atoms with Crippen molar-refractivity contribution < 1.29 is 14.3 Å². The number of carbonyl (C=O) groups excluding carboxylic acids is 1. The van der Waals surface area contributed by atoms with E-state index in [1.807, 2.05) is 0 Å². The van der Waals surface area contributed by atoms with Gasteiger partial charge < -0.3 is 20.1 Å². The molecule has 4 unspecified atom stereocenters. The minimum Gasteiger partial charge on any atom is -0.380 e. The molecule has 2 saturated heterocycles. The molecule has 0 saturated carbocycles. The van der Waals surface area contributed by atoms with E-state index in [-0.39, 0.29) is 24.2 Å². The second kappa shape index (κ2) is 5.80. The summed E-state index contributed by atoms with van der Waals surface area (Å²) in [5.74, 6) is 0.544. The molecular weight excluding hydrogens is 220 g/mol. The lowest BCUT2D eigenvalue weighted by atomic mass is 10.0. The molecule has 2 heterocycles. The maximum Gasteiger partial charge on any atom is 0.237 e. The predicted molar refractivity (Wildman–Crippen MR) is 63.7 cm³/mol. The van der Waals surface area contributed by atoms with Gasteiger partial charge in [0.25, 0.3) is 0 Å². The molecule has 2 aliphatic rings. The summed E-state index contributed by atoms with van der Waals surface area (Å²) in [4.78, 5) is 11.9. The molecule has 5 nitrogen and oxygen atoms in total. The summed E-state index contributed by atoms with van der Waals surface area (Å²) < 4.78 is 10.7. The monoisotopic (exact) mass is 242 g/mol. The number of carbonyl (C=O) groups is 1. The molecule has 17 heavy (non-hydrogen) atoms. The first-order valence-corrected chi connectivity index (χ1v) is 6.36. The highest BCUT2D eigenvalue weighted by atomic mass is 16.5. The highest BCUT2D eigenvalue weighted by Gasteiger charge is 2.30. The molecule has 0 radical (unpaired) electrons. The van der Waals surface area contributed by atoms with Crippen LogP contribution in [0.25, 0.3) is 0 Å². The van der Waals surface area contributed by atoms with E-state index in [2.05, 4.69) is 17.6 Å². The molecular formula is C12H22N2O3. The van der Waals surface area contributed by atoms with Crippen molar-refractivity contribution in [3.8, 4) is 0 Å². The van der Waals surface area contributed by atoms with Gasteiger partial charge in [-0.25, -0.2) is 0 Å². The predicted octanol–water partition coefficient (Wildman–Crippen LogP) is -0.0955. The van der Waals surface area contributed by atoms with Gasteiger partial charge in [-0.1, -0.05) is 0 Å². The Kier molecular flexibility index (Phi) is 4.36. The van der Waals surface area contributed by atoms with Gasteiger partial charge in [-0.05, 0) is 19.8 Å². The molecule has 0 aromatic rings. The number of hydrogen-bond acceptors (Lipinski definition) is 4. The number of hydrogen-bond donors (Lipinski definition) is 2. The van der Waals surface area contributed by atoms with Crippen molar-refractivity contribution in [1.29, 1.82) is 0 Å². The van der Waals surface area contributed by atoms with E-state index in [1.54, 1.807) is 7.11 Å². The minimum atomic E-state index is -0.0995. The van der Waals surface area contributed by atoms with E-state index in [0.29, 0.717) is 5.92 Å². The summed E-state index contributed by atoms with van der Waals surface area (Å²) in [5, 5.41) is 6.18. The molecule has 2 aliphatic heterocycles. The highest BCUT2D eigenvalue weighted by molar-refractivity contribution is 5.82. The summed E-state index contributed by atoms with van der Waals surface area (Å²) in [5.41, 5.74) is 0. The largest absolute Gasteiger partial charge is 0.380 e. The van der Waals surface area contributed by atoms with Crippen LogP contribution < -0.4 is 10.6 Å². The van der Waals surface area contributed by atoms with Crippen molar-refractivity contribution in [2.75, 3.05) is 26.8 Å². The first-order chi connectivity index (χ1) is 8.20. The van der Waals surface area contributed by atoms with Crippen molar-refractivity contribution in [1.82, 2.24) is 10.6 Å². The van der Waals surface area contributed by atoms with E-state index in [4.69, 9.17) is 9.47 Å². The third-order valence-electron chi connectivity index (χ3n) is 3.81. The van der Waals surface area contributed by atoms with E-state index < -0.39 is 0 Å². The highest BCUT2D eigenvalue weighted by Crippen LogP contribution is 2.19. The van der Waals surface area contributed by atoms with Crippen molar-refractivity contribution in [3.05, 3.63) is 0 Å². The van der Waals surface area contributed by atoms with E-state index in [1.165, 1.54) is 0 Å². The number of nitrogens with one attached hydrogen (secondary N) is 2. The van der Waals surface area contributed by atoms with Gasteiger partial charge in [0.2, 0.25) is 5.91 Å². The molecule has 2 N–H and O–H groups in total. The fourth-order valence-corrected chi connectivity index (χ4v) is 2.48. The second-order valence-electron chi connectivity index (χ2n) is 4.92. The van der Waals surface area contributed by atoms with Crippen LogP contribution in [0.5, 0.6) is 0 Å². The van der Waals surface area contributed by atoms with Crippen LogP contribution in [-0.4, -0.2) is 51.0 Å². The van der Waals surface area contributed by atoms with Crippen molar-refractivity contribution in [2.45, 2.75) is 38.0 Å². The summed E-state index contributed by atoms with van der Waals surface area (Å²) >= 11 is 0. The first-order valence-electron chi connectivity index (χ1n) is 6.36. The Balaban J connectivity index is 1.70. The van der Waals surface area contributed by atoms with Crippen molar-refractivity contribution in [3.63, 3.8) is 0 Å². The molecule has 98 valence electrons. The molecule has 0 aliphatic carbocycles. The van der Waals surface area contributed by atoms with Gasteiger partial charge in [0.1, 0.15) is 0 Å². The molecule has 1 amide bonds. The van der Waals surface area contributed by atoms with Crippen LogP contribution in [0.15, 0.2) is 0 Å². The molecule has 2 rings (SSSR count). The van der Waals surface area contributed by atoms with Gasteiger partial charge >= 0.3 is 0 Å². The lowest BCUT2D eigenvalue weighted by Crippen LogP contribution is -2.42. The topological polar surface area (TPSA) is 59.6 Å². The zero-order valence-electron chi connectivity index (χ0n) is 10.6. The Bertz CT molecular complexity index is 272. The first kappa shape index (κ1) is 12.8. The van der Waals surface area contributed by atoms with E-state index in [0.717, 1.165) is 32.5 Å². The maximum absolute atomic E-state index is 11.9. The normalized spacial score (nSPS) is 37.3. The average Bonchev–Trinajstić information content (AvgIpc) is 2.94. The average molecular weight is 242 g/mol. The van der Waals surface area contributed by atoms with Crippen LogP contribution >= 0.6 is 0 Å². The van der Waals surface area contributed by atoms with Gasteiger partial charge in [-0.15, -0.1) is 0 Å². The van der Waals surface area contributed by atoms with Gasteiger partial charge in [0.05, 0.1) is 18.2 Å². The Morgan fingerprint density at radius 1 is 1.59 bits per heavy atom. The SMILES string of the molecule is COC1CNC(C(=O)NCC2CCOC2C)C1. The van der Waals surface area contributed by atoms with Crippen LogP contribution in [-0.2, 0) is 14.3 Å². The van der Waals surface area contributed by atoms with Crippen LogP contribution in [0.3, 0.4) is 0 Å². The lowest BCUT2D eigenvalue weighted by molar-refractivity contribution is -0.123. The van der Waals surface area contributed by atoms with Crippen molar-refractivity contribution in [2.24, 2.45) is 5.92 Å². The molecule has 0 aromatic carbocycles. The van der Waals surface area contributed by atoms with Gasteiger partial charge in [0, 0.05) is 32.7 Å².